The van der Waals surface area contributed by atoms with Crippen molar-refractivity contribution < 1.29 is 9.31 Å². The van der Waals surface area contributed by atoms with Crippen LogP contribution in [0.3, 0.4) is 0 Å². The van der Waals surface area contributed by atoms with Gasteiger partial charge in [-0.25, -0.2) is 0 Å². The van der Waals surface area contributed by atoms with Gasteiger partial charge in [-0.3, -0.25) is 0 Å². The van der Waals surface area contributed by atoms with E-state index in [0.29, 0.717) is 13.2 Å². The van der Waals surface area contributed by atoms with Crippen LogP contribution in [0.15, 0.2) is 69.6 Å². The van der Waals surface area contributed by atoms with Gasteiger partial charge in [0.2, 0.25) is 0 Å². The van der Waals surface area contributed by atoms with Gasteiger partial charge in [-0.1, -0.05) is 92.5 Å². The highest BCUT2D eigenvalue weighted by Gasteiger charge is 2.33. The molecule has 0 N–H and O–H groups in total. The molecule has 0 saturated heterocycles. The van der Waals surface area contributed by atoms with Crippen LogP contribution in [0.4, 0.5) is 0 Å². The second kappa shape index (κ2) is 6.49. The van der Waals surface area contributed by atoms with Gasteiger partial charge in [0.15, 0.2) is 0 Å². The molecule has 21 heavy (non-hydrogen) atoms. The lowest BCUT2D eigenvalue weighted by Crippen LogP contribution is -2.63. The highest BCUT2D eigenvalue weighted by molar-refractivity contribution is 9.14. The molecule has 0 fully saturated rings. The fourth-order valence-electron chi connectivity index (χ4n) is 2.58. The lowest BCUT2D eigenvalue weighted by atomic mass is 9.46. The molecule has 1 heterocycles. The summed E-state index contributed by atoms with van der Waals surface area (Å²) in [6, 6.07) is 20.3. The van der Waals surface area contributed by atoms with Gasteiger partial charge < -0.3 is 9.31 Å². The molecule has 108 valence electrons. The number of rotatable bonds is 2. The second-order valence-corrected chi connectivity index (χ2v) is 6.88. The van der Waals surface area contributed by atoms with E-state index in [0.717, 1.165) is 19.9 Å². The Labute approximate surface area is 141 Å². The molecule has 0 spiro atoms. The quantitative estimate of drug-likeness (QED) is 0.710. The molecular formula is C16H14BBr2O2-. The lowest BCUT2D eigenvalue weighted by Gasteiger charge is -2.41. The van der Waals surface area contributed by atoms with Gasteiger partial charge in [-0.2, -0.15) is 0 Å². The van der Waals surface area contributed by atoms with E-state index in [4.69, 9.17) is 9.31 Å². The molecule has 0 aliphatic carbocycles. The largest absolute Gasteiger partial charge is 0.557 e. The Bertz CT molecular complexity index is 586. The van der Waals surface area contributed by atoms with Gasteiger partial charge in [0.1, 0.15) is 0 Å². The predicted molar refractivity (Wildman–Crippen MR) is 94.7 cm³/mol. The summed E-state index contributed by atoms with van der Waals surface area (Å²) in [5.41, 5.74) is 2.09. The Balaban J connectivity index is 2.09. The molecule has 3 rings (SSSR count). The first kappa shape index (κ1) is 15.0. The third kappa shape index (κ3) is 3.02. The fourth-order valence-corrected chi connectivity index (χ4v) is 3.07. The minimum atomic E-state index is -1.69. The second-order valence-electron chi connectivity index (χ2n) is 4.97. The van der Waals surface area contributed by atoms with Crippen molar-refractivity contribution in [2.45, 2.75) is 0 Å². The molecule has 0 bridgehead atoms. The van der Waals surface area contributed by atoms with Crippen molar-refractivity contribution in [3.05, 3.63) is 69.6 Å². The molecule has 2 aromatic carbocycles. The fraction of sp³-hybridized carbons (Fsp3) is 0.125. The van der Waals surface area contributed by atoms with Gasteiger partial charge in [0.05, 0.1) is 0 Å². The van der Waals surface area contributed by atoms with Crippen LogP contribution in [0.1, 0.15) is 0 Å². The monoisotopic (exact) mass is 407 g/mol. The van der Waals surface area contributed by atoms with E-state index < -0.39 is 6.55 Å². The Kier molecular flexibility index (Phi) is 4.64. The maximum absolute atomic E-state index is 6.25. The number of halogens is 2. The molecule has 0 unspecified atom stereocenters. The van der Waals surface area contributed by atoms with Crippen LogP contribution in [0.25, 0.3) is 0 Å². The molecule has 1 aliphatic rings. The SMILES string of the molecule is BrC1=C(Br)CO[B-](c2ccccc2)(c2ccccc2)OC1. The highest BCUT2D eigenvalue weighted by atomic mass is 79.9. The van der Waals surface area contributed by atoms with Gasteiger partial charge in [0, 0.05) is 22.2 Å². The van der Waals surface area contributed by atoms with Crippen molar-refractivity contribution in [3.8, 4) is 0 Å². The van der Waals surface area contributed by atoms with Crippen LogP contribution in [0, 0.1) is 0 Å². The average molecular weight is 409 g/mol. The van der Waals surface area contributed by atoms with Crippen LogP contribution < -0.4 is 10.9 Å². The van der Waals surface area contributed by atoms with Crippen LogP contribution in [-0.4, -0.2) is 19.8 Å². The molecule has 0 aromatic heterocycles. The maximum atomic E-state index is 6.25. The number of benzene rings is 2. The van der Waals surface area contributed by atoms with E-state index in [1.54, 1.807) is 0 Å². The molecule has 0 atom stereocenters. The van der Waals surface area contributed by atoms with E-state index in [-0.39, 0.29) is 0 Å². The molecule has 2 aromatic rings. The highest BCUT2D eigenvalue weighted by Crippen LogP contribution is 2.25. The van der Waals surface area contributed by atoms with Crippen molar-refractivity contribution in [3.63, 3.8) is 0 Å². The minimum absolute atomic E-state index is 0.477. The van der Waals surface area contributed by atoms with Crippen molar-refractivity contribution in [2.24, 2.45) is 0 Å². The van der Waals surface area contributed by atoms with Gasteiger partial charge in [0.25, 0.3) is 6.55 Å². The Morgan fingerprint density at radius 2 is 1.05 bits per heavy atom. The Morgan fingerprint density at radius 1 is 0.667 bits per heavy atom. The van der Waals surface area contributed by atoms with E-state index in [2.05, 4.69) is 56.1 Å². The van der Waals surface area contributed by atoms with Crippen molar-refractivity contribution in [1.29, 1.82) is 0 Å². The average Bonchev–Trinajstić information content (AvgIpc) is 2.70. The topological polar surface area (TPSA) is 18.5 Å². The summed E-state index contributed by atoms with van der Waals surface area (Å²) in [5, 5.41) is 0. The van der Waals surface area contributed by atoms with Crippen LogP contribution in [0.5, 0.6) is 0 Å². The van der Waals surface area contributed by atoms with E-state index in [1.807, 2.05) is 36.4 Å². The summed E-state index contributed by atoms with van der Waals surface area (Å²) < 4.78 is 14.5. The Morgan fingerprint density at radius 3 is 1.43 bits per heavy atom. The van der Waals surface area contributed by atoms with Gasteiger partial charge in [-0.15, -0.1) is 10.9 Å². The van der Waals surface area contributed by atoms with Crippen LogP contribution in [0.2, 0.25) is 0 Å². The minimum Gasteiger partial charge on any atom is -0.557 e. The summed E-state index contributed by atoms with van der Waals surface area (Å²) in [6.07, 6.45) is 0. The third-order valence-corrected chi connectivity index (χ3v) is 5.61. The lowest BCUT2D eigenvalue weighted by molar-refractivity contribution is 0.237. The zero-order valence-electron chi connectivity index (χ0n) is 11.3. The molecule has 5 heteroatoms. The molecule has 0 saturated carbocycles. The van der Waals surface area contributed by atoms with Crippen LogP contribution >= 0.6 is 31.9 Å². The summed E-state index contributed by atoms with van der Waals surface area (Å²) in [7, 11) is 0. The van der Waals surface area contributed by atoms with Crippen LogP contribution in [-0.2, 0) is 9.31 Å². The summed E-state index contributed by atoms with van der Waals surface area (Å²) in [6.45, 7) is -0.739. The summed E-state index contributed by atoms with van der Waals surface area (Å²) in [5.74, 6) is 0. The zero-order chi connectivity index (χ0) is 14.7. The molecule has 1 aliphatic heterocycles. The molecule has 0 amide bonds. The van der Waals surface area contributed by atoms with Crippen molar-refractivity contribution >= 4 is 49.3 Å². The van der Waals surface area contributed by atoms with E-state index in [1.165, 1.54) is 0 Å². The van der Waals surface area contributed by atoms with Crippen molar-refractivity contribution in [2.75, 3.05) is 13.2 Å². The van der Waals surface area contributed by atoms with Gasteiger partial charge in [-0.05, 0) is 0 Å². The first-order chi connectivity index (χ1) is 10.2. The third-order valence-electron chi connectivity index (χ3n) is 3.66. The summed E-state index contributed by atoms with van der Waals surface area (Å²) >= 11 is 7.08. The Hall–Kier alpha value is -0.875. The van der Waals surface area contributed by atoms with Crippen molar-refractivity contribution in [1.82, 2.24) is 0 Å². The predicted octanol–water partition coefficient (Wildman–Crippen LogP) is 3.29. The molecule has 2 nitrogen and oxygen atoms in total. The maximum Gasteiger partial charge on any atom is 0.299 e. The molecular weight excluding hydrogens is 395 g/mol. The molecule has 0 radical (unpaired) electrons. The smallest absolute Gasteiger partial charge is 0.299 e. The number of hydrogen-bond acceptors (Lipinski definition) is 2. The van der Waals surface area contributed by atoms with Gasteiger partial charge >= 0.3 is 0 Å². The number of hydrogen-bond donors (Lipinski definition) is 0. The first-order valence-electron chi connectivity index (χ1n) is 6.78. The van der Waals surface area contributed by atoms with E-state index >= 15 is 0 Å². The summed E-state index contributed by atoms with van der Waals surface area (Å²) in [4.78, 5) is 0. The standard InChI is InChI=1S/C16H14BBr2O2/c18-15-11-20-17(21-12-16(15)19,13-7-3-1-4-8-13)14-9-5-2-6-10-14/h1-10H,11-12H2/q-1. The first-order valence-corrected chi connectivity index (χ1v) is 8.37. The normalized spacial score (nSPS) is 18.4. The van der Waals surface area contributed by atoms with E-state index in [9.17, 15) is 0 Å². The zero-order valence-corrected chi connectivity index (χ0v) is 14.5.